The monoisotopic (exact) mass is 289 g/mol. The molecule has 0 saturated heterocycles. The van der Waals surface area contributed by atoms with Crippen molar-refractivity contribution in [2.24, 2.45) is 5.73 Å². The number of hydrogen-bond donors (Lipinski definition) is 1. The van der Waals surface area contributed by atoms with Crippen LogP contribution in [0.5, 0.6) is 0 Å². The van der Waals surface area contributed by atoms with E-state index < -0.39 is 2.14 Å². The molecule has 2 N–H and O–H groups in total. The molecule has 0 aliphatic carbocycles. The van der Waals surface area contributed by atoms with Crippen molar-refractivity contribution >= 4 is 47.8 Å². The minimum atomic E-state index is -0.498. The van der Waals surface area contributed by atoms with Crippen molar-refractivity contribution in [3.8, 4) is 12.0 Å². The number of nitrogens with two attached hydrogens (primary N) is 1. The maximum atomic E-state index is 4.86. The van der Waals surface area contributed by atoms with Gasteiger partial charge in [0.1, 0.15) is 0 Å². The van der Waals surface area contributed by atoms with E-state index in [9.17, 15) is 0 Å². The molecule has 0 saturated carbocycles. The molecule has 4 heteroatoms. The van der Waals surface area contributed by atoms with Gasteiger partial charge in [-0.25, -0.2) is 0 Å². The van der Waals surface area contributed by atoms with Gasteiger partial charge in [-0.15, -0.1) is 0 Å². The smallest absolute Gasteiger partial charge is 0.196 e. The first-order valence-electron chi connectivity index (χ1n) is 1.36. The Bertz CT molecular complexity index is 104. The van der Waals surface area contributed by atoms with E-state index in [1.807, 2.05) is 0 Å². The highest BCUT2D eigenvalue weighted by Gasteiger charge is 2.11. The highest BCUT2D eigenvalue weighted by molar-refractivity contribution is 9.39. The van der Waals surface area contributed by atoms with Crippen LogP contribution in [0.1, 0.15) is 0 Å². The van der Waals surface area contributed by atoms with E-state index in [0.717, 1.165) is 0 Å². The highest BCUT2D eigenvalue weighted by atomic mass is 80.0. The summed E-state index contributed by atoms with van der Waals surface area (Å²) >= 11 is 9.36. The molecule has 0 bridgehead atoms. The van der Waals surface area contributed by atoms with Crippen LogP contribution in [0.3, 0.4) is 0 Å². The molecule has 0 atom stereocenters. The zero-order valence-electron chi connectivity index (χ0n) is 3.21. The molecule has 40 valence electrons. The van der Waals surface area contributed by atoms with Crippen LogP contribution in [-0.4, -0.2) is 2.14 Å². The first-order valence-corrected chi connectivity index (χ1v) is 3.73. The molecular formula is C3H2Br3N. The Morgan fingerprint density at radius 2 is 1.71 bits per heavy atom. The highest BCUT2D eigenvalue weighted by Crippen LogP contribution is 2.31. The predicted octanol–water partition coefficient (Wildman–Crippen LogP) is 1.74. The minimum absolute atomic E-state index is 0.498. The van der Waals surface area contributed by atoms with Crippen molar-refractivity contribution in [3.05, 3.63) is 0 Å². The Labute approximate surface area is 67.4 Å². The maximum absolute atomic E-state index is 4.86. The van der Waals surface area contributed by atoms with Gasteiger partial charge < -0.3 is 5.73 Å². The number of hydrogen-bond acceptors (Lipinski definition) is 1. The fraction of sp³-hybridized carbons (Fsp3) is 0.333. The fourth-order valence-electron chi connectivity index (χ4n) is 0.0818. The lowest BCUT2D eigenvalue weighted by Crippen LogP contribution is -1.93. The zero-order chi connectivity index (χ0) is 5.91. The summed E-state index contributed by atoms with van der Waals surface area (Å²) in [5, 5.41) is 0. The van der Waals surface area contributed by atoms with Gasteiger partial charge in [0.25, 0.3) is 0 Å². The standard InChI is InChI=1S/C3H2Br3N/c4-3(5,6)1-2-7/h7H2. The Morgan fingerprint density at radius 3 is 1.71 bits per heavy atom. The van der Waals surface area contributed by atoms with E-state index in [0.29, 0.717) is 0 Å². The summed E-state index contributed by atoms with van der Waals surface area (Å²) < 4.78 is -0.498. The Hall–Kier alpha value is 0.800. The summed E-state index contributed by atoms with van der Waals surface area (Å²) in [7, 11) is 0. The molecule has 0 fully saturated rings. The average molecular weight is 292 g/mol. The molecule has 0 aromatic rings. The number of alkyl halides is 3. The van der Waals surface area contributed by atoms with E-state index in [1.165, 1.54) is 0 Å². The van der Waals surface area contributed by atoms with Gasteiger partial charge in [-0.1, -0.05) is 0 Å². The lowest BCUT2D eigenvalue weighted by Gasteiger charge is -1.96. The van der Waals surface area contributed by atoms with E-state index in [4.69, 9.17) is 5.73 Å². The van der Waals surface area contributed by atoms with Gasteiger partial charge >= 0.3 is 0 Å². The molecule has 0 unspecified atom stereocenters. The molecule has 0 aliphatic heterocycles. The van der Waals surface area contributed by atoms with Gasteiger partial charge in [0.2, 0.25) is 0 Å². The third kappa shape index (κ3) is 6.80. The Morgan fingerprint density at radius 1 is 1.29 bits per heavy atom. The third-order valence-electron chi connectivity index (χ3n) is 0.214. The van der Waals surface area contributed by atoms with Crippen molar-refractivity contribution in [3.63, 3.8) is 0 Å². The van der Waals surface area contributed by atoms with Crippen molar-refractivity contribution in [2.75, 3.05) is 0 Å². The van der Waals surface area contributed by atoms with Crippen LogP contribution in [0, 0.1) is 12.0 Å². The van der Waals surface area contributed by atoms with Gasteiger partial charge in [-0.3, -0.25) is 0 Å². The van der Waals surface area contributed by atoms with E-state index >= 15 is 0 Å². The predicted molar refractivity (Wildman–Crippen MR) is 41.5 cm³/mol. The average Bonchev–Trinajstić information content (AvgIpc) is 1.30. The van der Waals surface area contributed by atoms with Crippen molar-refractivity contribution in [1.29, 1.82) is 0 Å². The molecule has 1 nitrogen and oxygen atoms in total. The zero-order valence-corrected chi connectivity index (χ0v) is 7.97. The number of halogens is 3. The van der Waals surface area contributed by atoms with Gasteiger partial charge in [0.05, 0.1) is 0 Å². The number of rotatable bonds is 0. The van der Waals surface area contributed by atoms with Gasteiger partial charge in [0, 0.05) is 6.04 Å². The third-order valence-corrected chi connectivity index (χ3v) is 0.809. The van der Waals surface area contributed by atoms with E-state index in [-0.39, 0.29) is 0 Å². The van der Waals surface area contributed by atoms with Crippen LogP contribution in [0.4, 0.5) is 0 Å². The molecule has 0 radical (unpaired) electrons. The lowest BCUT2D eigenvalue weighted by atomic mass is 10.8. The molecule has 0 rings (SSSR count). The first-order chi connectivity index (χ1) is 3.06. The summed E-state index contributed by atoms with van der Waals surface area (Å²) in [6.45, 7) is 0. The van der Waals surface area contributed by atoms with Crippen LogP contribution in [-0.2, 0) is 0 Å². The lowest BCUT2D eigenvalue weighted by molar-refractivity contribution is 1.68. The Balaban J connectivity index is 3.72. The Kier molecular flexibility index (Phi) is 3.29. The van der Waals surface area contributed by atoms with Gasteiger partial charge in [0.15, 0.2) is 2.14 Å². The van der Waals surface area contributed by atoms with Crippen LogP contribution in [0.2, 0.25) is 0 Å². The molecule has 0 aromatic carbocycles. The molecule has 0 aromatic heterocycles. The largest absolute Gasteiger partial charge is 0.359 e. The topological polar surface area (TPSA) is 26.0 Å². The first kappa shape index (κ1) is 7.80. The molecule has 0 amide bonds. The normalized spacial score (nSPS) is 9.57. The van der Waals surface area contributed by atoms with Crippen LogP contribution in [0.15, 0.2) is 0 Å². The molecule has 0 heterocycles. The molecular weight excluding hydrogens is 290 g/mol. The van der Waals surface area contributed by atoms with Gasteiger partial charge in [-0.2, -0.15) is 0 Å². The molecule has 7 heavy (non-hydrogen) atoms. The summed E-state index contributed by atoms with van der Waals surface area (Å²) in [5.74, 6) is 2.56. The summed E-state index contributed by atoms with van der Waals surface area (Å²) in [6, 6.07) is 2.22. The summed E-state index contributed by atoms with van der Waals surface area (Å²) in [5.41, 5.74) is 4.86. The van der Waals surface area contributed by atoms with Crippen molar-refractivity contribution in [1.82, 2.24) is 0 Å². The second-order valence-electron chi connectivity index (χ2n) is 0.767. The maximum Gasteiger partial charge on any atom is 0.196 e. The fourth-order valence-corrected chi connectivity index (χ4v) is 0.425. The summed E-state index contributed by atoms with van der Waals surface area (Å²) in [4.78, 5) is 0. The van der Waals surface area contributed by atoms with Crippen LogP contribution >= 0.6 is 47.8 Å². The van der Waals surface area contributed by atoms with E-state index in [1.54, 1.807) is 0 Å². The van der Waals surface area contributed by atoms with Crippen LogP contribution < -0.4 is 5.73 Å². The van der Waals surface area contributed by atoms with E-state index in [2.05, 4.69) is 59.8 Å². The van der Waals surface area contributed by atoms with Crippen molar-refractivity contribution in [2.45, 2.75) is 2.14 Å². The molecule has 0 aliphatic rings. The minimum Gasteiger partial charge on any atom is -0.359 e. The van der Waals surface area contributed by atoms with Gasteiger partial charge in [-0.05, 0) is 53.7 Å². The summed E-state index contributed by atoms with van der Waals surface area (Å²) in [6.07, 6.45) is 0. The molecule has 0 spiro atoms. The second-order valence-corrected chi connectivity index (χ2v) is 7.53. The van der Waals surface area contributed by atoms with Crippen molar-refractivity contribution < 1.29 is 0 Å². The quantitative estimate of drug-likeness (QED) is 0.411. The SMILES string of the molecule is NC#CC(Br)(Br)Br. The van der Waals surface area contributed by atoms with Crippen LogP contribution in [0.25, 0.3) is 0 Å². The second kappa shape index (κ2) is 2.95.